The molecule has 2 rings (SSSR count). The van der Waals surface area contributed by atoms with Crippen LogP contribution in [0.15, 0.2) is 23.6 Å². The SMILES string of the molecule is CCCNS(=O)(=O)c1nc2ccncc2[nH]1. The van der Waals surface area contributed by atoms with Crippen LogP contribution < -0.4 is 4.72 Å². The van der Waals surface area contributed by atoms with Crippen molar-refractivity contribution in [3.63, 3.8) is 0 Å². The lowest BCUT2D eigenvalue weighted by molar-refractivity contribution is 0.573. The smallest absolute Gasteiger partial charge is 0.274 e. The standard InChI is InChI=1S/C9H12N4O2S/c1-2-4-11-16(14,15)9-12-7-3-5-10-6-8(7)13-9/h3,5-6,11H,2,4H2,1H3,(H,12,13). The van der Waals surface area contributed by atoms with Gasteiger partial charge in [-0.15, -0.1) is 0 Å². The van der Waals surface area contributed by atoms with E-state index in [1.165, 1.54) is 0 Å². The molecule has 0 saturated carbocycles. The molecule has 0 radical (unpaired) electrons. The highest BCUT2D eigenvalue weighted by Gasteiger charge is 2.17. The first-order valence-corrected chi connectivity index (χ1v) is 6.41. The fourth-order valence-electron chi connectivity index (χ4n) is 1.27. The summed E-state index contributed by atoms with van der Waals surface area (Å²) in [6.07, 6.45) is 3.85. The summed E-state index contributed by atoms with van der Waals surface area (Å²) in [7, 11) is -3.53. The van der Waals surface area contributed by atoms with Crippen molar-refractivity contribution in [2.75, 3.05) is 6.54 Å². The molecule has 0 aliphatic rings. The van der Waals surface area contributed by atoms with E-state index >= 15 is 0 Å². The number of aromatic amines is 1. The first kappa shape index (κ1) is 11.0. The van der Waals surface area contributed by atoms with Crippen molar-refractivity contribution in [1.82, 2.24) is 19.7 Å². The maximum Gasteiger partial charge on any atom is 0.274 e. The third-order valence-electron chi connectivity index (χ3n) is 2.06. The van der Waals surface area contributed by atoms with Gasteiger partial charge in [0.15, 0.2) is 0 Å². The molecule has 0 aliphatic carbocycles. The molecule has 0 bridgehead atoms. The van der Waals surface area contributed by atoms with E-state index in [0.717, 1.165) is 6.42 Å². The van der Waals surface area contributed by atoms with E-state index in [4.69, 9.17) is 0 Å². The van der Waals surface area contributed by atoms with Crippen molar-refractivity contribution in [3.05, 3.63) is 18.5 Å². The summed E-state index contributed by atoms with van der Waals surface area (Å²) in [5, 5.41) is -0.0658. The van der Waals surface area contributed by atoms with Gasteiger partial charge in [0.2, 0.25) is 5.16 Å². The summed E-state index contributed by atoms with van der Waals surface area (Å²) in [6.45, 7) is 2.29. The molecule has 2 aromatic heterocycles. The number of aromatic nitrogens is 3. The first-order valence-electron chi connectivity index (χ1n) is 4.93. The number of H-pyrrole nitrogens is 1. The number of nitrogens with one attached hydrogen (secondary N) is 2. The van der Waals surface area contributed by atoms with Crippen LogP contribution >= 0.6 is 0 Å². The van der Waals surface area contributed by atoms with E-state index in [1.54, 1.807) is 18.5 Å². The lowest BCUT2D eigenvalue weighted by atomic mass is 10.4. The lowest BCUT2D eigenvalue weighted by Gasteiger charge is -2.00. The van der Waals surface area contributed by atoms with E-state index in [9.17, 15) is 8.42 Å². The minimum Gasteiger partial charge on any atom is -0.326 e. The number of nitrogens with zero attached hydrogens (tertiary/aromatic N) is 2. The predicted molar refractivity (Wildman–Crippen MR) is 59.4 cm³/mol. The molecule has 2 heterocycles. The molecule has 0 aromatic carbocycles. The summed E-state index contributed by atoms with van der Waals surface area (Å²) in [4.78, 5) is 10.6. The lowest BCUT2D eigenvalue weighted by Crippen LogP contribution is -2.25. The zero-order chi connectivity index (χ0) is 11.6. The Bertz CT molecular complexity index is 557. The molecule has 0 atom stereocenters. The van der Waals surface area contributed by atoms with Gasteiger partial charge in [0, 0.05) is 12.7 Å². The van der Waals surface area contributed by atoms with Crippen LogP contribution in [0, 0.1) is 0 Å². The van der Waals surface area contributed by atoms with Crippen molar-refractivity contribution in [3.8, 4) is 0 Å². The highest BCUT2D eigenvalue weighted by atomic mass is 32.2. The molecular formula is C9H12N4O2S. The van der Waals surface area contributed by atoms with Crippen LogP contribution in [-0.2, 0) is 10.0 Å². The van der Waals surface area contributed by atoms with Gasteiger partial charge < -0.3 is 4.98 Å². The van der Waals surface area contributed by atoms with E-state index < -0.39 is 10.0 Å². The second-order valence-electron chi connectivity index (χ2n) is 3.33. The van der Waals surface area contributed by atoms with Crippen LogP contribution in [-0.4, -0.2) is 29.9 Å². The number of pyridine rings is 1. The number of rotatable bonds is 4. The second kappa shape index (κ2) is 4.18. The number of hydrogen-bond acceptors (Lipinski definition) is 4. The molecule has 0 aliphatic heterocycles. The molecule has 0 unspecified atom stereocenters. The van der Waals surface area contributed by atoms with Crippen LogP contribution in [0.3, 0.4) is 0 Å². The molecule has 0 amide bonds. The first-order chi connectivity index (χ1) is 7.63. The van der Waals surface area contributed by atoms with Gasteiger partial charge in [-0.1, -0.05) is 6.92 Å². The average Bonchev–Trinajstić information content (AvgIpc) is 2.71. The van der Waals surface area contributed by atoms with Crippen molar-refractivity contribution >= 4 is 21.1 Å². The number of hydrogen-bond donors (Lipinski definition) is 2. The Kier molecular flexibility index (Phi) is 2.88. The topological polar surface area (TPSA) is 87.7 Å². The molecule has 86 valence electrons. The number of imidazole rings is 1. The van der Waals surface area contributed by atoms with Crippen LogP contribution in [0.5, 0.6) is 0 Å². The summed E-state index contributed by atoms with van der Waals surface area (Å²) in [5.74, 6) is 0. The Morgan fingerprint density at radius 3 is 3.00 bits per heavy atom. The van der Waals surface area contributed by atoms with Crippen molar-refractivity contribution in [1.29, 1.82) is 0 Å². The average molecular weight is 240 g/mol. The Balaban J connectivity index is 2.40. The monoisotopic (exact) mass is 240 g/mol. The van der Waals surface area contributed by atoms with Crippen LogP contribution in [0.4, 0.5) is 0 Å². The second-order valence-corrected chi connectivity index (χ2v) is 5.01. The Morgan fingerprint density at radius 1 is 1.50 bits per heavy atom. The summed E-state index contributed by atoms with van der Waals surface area (Å²) in [6, 6.07) is 1.66. The zero-order valence-electron chi connectivity index (χ0n) is 8.77. The van der Waals surface area contributed by atoms with E-state index in [1.807, 2.05) is 6.92 Å². The van der Waals surface area contributed by atoms with Gasteiger partial charge in [0.05, 0.1) is 17.2 Å². The van der Waals surface area contributed by atoms with Crippen LogP contribution in [0.1, 0.15) is 13.3 Å². The molecular weight excluding hydrogens is 228 g/mol. The van der Waals surface area contributed by atoms with Crippen molar-refractivity contribution < 1.29 is 8.42 Å². The predicted octanol–water partition coefficient (Wildman–Crippen LogP) is 0.646. The minimum absolute atomic E-state index is 0.0658. The highest BCUT2D eigenvalue weighted by Crippen LogP contribution is 2.12. The van der Waals surface area contributed by atoms with Crippen LogP contribution in [0.2, 0.25) is 0 Å². The van der Waals surface area contributed by atoms with Gasteiger partial charge >= 0.3 is 0 Å². The fraction of sp³-hybridized carbons (Fsp3) is 0.333. The normalized spacial score (nSPS) is 12.1. The molecule has 2 aromatic rings. The summed E-state index contributed by atoms with van der Waals surface area (Å²) in [5.41, 5.74) is 1.20. The number of sulfonamides is 1. The van der Waals surface area contributed by atoms with Gasteiger partial charge in [-0.25, -0.2) is 18.1 Å². The highest BCUT2D eigenvalue weighted by molar-refractivity contribution is 7.89. The molecule has 6 nitrogen and oxygen atoms in total. The summed E-state index contributed by atoms with van der Waals surface area (Å²) < 4.78 is 25.9. The van der Waals surface area contributed by atoms with Crippen molar-refractivity contribution in [2.24, 2.45) is 0 Å². The van der Waals surface area contributed by atoms with E-state index in [2.05, 4.69) is 19.7 Å². The summed E-state index contributed by atoms with van der Waals surface area (Å²) >= 11 is 0. The molecule has 2 N–H and O–H groups in total. The fourth-order valence-corrected chi connectivity index (χ4v) is 2.34. The van der Waals surface area contributed by atoms with Gasteiger partial charge in [0.1, 0.15) is 0 Å². The third-order valence-corrected chi connectivity index (χ3v) is 3.34. The Morgan fingerprint density at radius 2 is 2.31 bits per heavy atom. The maximum atomic E-state index is 11.7. The Labute approximate surface area is 93.2 Å². The van der Waals surface area contributed by atoms with Crippen molar-refractivity contribution in [2.45, 2.75) is 18.5 Å². The van der Waals surface area contributed by atoms with E-state index in [0.29, 0.717) is 17.6 Å². The minimum atomic E-state index is -3.53. The molecule has 0 saturated heterocycles. The number of fused-ring (bicyclic) bond motifs is 1. The largest absolute Gasteiger partial charge is 0.326 e. The quantitative estimate of drug-likeness (QED) is 0.821. The van der Waals surface area contributed by atoms with E-state index in [-0.39, 0.29) is 5.16 Å². The third kappa shape index (κ3) is 2.05. The van der Waals surface area contributed by atoms with Gasteiger partial charge in [0.25, 0.3) is 10.0 Å². The van der Waals surface area contributed by atoms with Crippen LogP contribution in [0.25, 0.3) is 11.0 Å². The zero-order valence-corrected chi connectivity index (χ0v) is 9.58. The maximum absolute atomic E-state index is 11.7. The van der Waals surface area contributed by atoms with Gasteiger partial charge in [-0.05, 0) is 12.5 Å². The molecule has 0 spiro atoms. The molecule has 16 heavy (non-hydrogen) atoms. The van der Waals surface area contributed by atoms with Gasteiger partial charge in [-0.2, -0.15) is 0 Å². The van der Waals surface area contributed by atoms with Gasteiger partial charge in [-0.3, -0.25) is 4.98 Å². The molecule has 7 heteroatoms. The Hall–Kier alpha value is -1.47. The molecule has 0 fully saturated rings.